The van der Waals surface area contributed by atoms with Crippen molar-refractivity contribution < 1.29 is 0 Å². The quantitative estimate of drug-likeness (QED) is 0.170. The lowest BCUT2D eigenvalue weighted by molar-refractivity contribution is 0.714. The molecule has 0 fully saturated rings. The first-order valence-electron chi connectivity index (χ1n) is 20.0. The van der Waals surface area contributed by atoms with Crippen LogP contribution in [0.3, 0.4) is 0 Å². The summed E-state index contributed by atoms with van der Waals surface area (Å²) in [5, 5.41) is 4.70. The molecular weight excluding hydrogens is 701 g/mol. The van der Waals surface area contributed by atoms with Crippen molar-refractivity contribution in [2.24, 2.45) is 0 Å². The number of fused-ring (bicyclic) bond motifs is 5. The SMILES string of the molecule is CC1(c2ccccc2)c2ccccc2-c2ccc(-c3ccc(-c4cc(-c5cccc6ccccc56)nc(-c5ccc(-c6ccccc6)cc5)n4)c4ccccc34)cc21. The molecule has 0 N–H and O–H groups in total. The average Bonchev–Trinajstić information content (AvgIpc) is 3.56. The molecule has 0 bridgehead atoms. The molecule has 272 valence electrons. The van der Waals surface area contributed by atoms with Crippen LogP contribution >= 0.6 is 0 Å². The fourth-order valence-electron chi connectivity index (χ4n) is 9.26. The Balaban J connectivity index is 1.08. The van der Waals surface area contributed by atoms with E-state index in [-0.39, 0.29) is 5.41 Å². The van der Waals surface area contributed by atoms with E-state index in [2.05, 4.69) is 219 Å². The molecule has 58 heavy (non-hydrogen) atoms. The van der Waals surface area contributed by atoms with Gasteiger partial charge in [0.2, 0.25) is 0 Å². The summed E-state index contributed by atoms with van der Waals surface area (Å²) >= 11 is 0. The van der Waals surface area contributed by atoms with Crippen LogP contribution in [0, 0.1) is 0 Å². The van der Waals surface area contributed by atoms with E-state index in [9.17, 15) is 0 Å². The largest absolute Gasteiger partial charge is 0.228 e. The van der Waals surface area contributed by atoms with Crippen LogP contribution in [0.15, 0.2) is 212 Å². The van der Waals surface area contributed by atoms with Crippen LogP contribution in [0.5, 0.6) is 0 Å². The van der Waals surface area contributed by atoms with Crippen LogP contribution in [-0.2, 0) is 5.41 Å². The van der Waals surface area contributed by atoms with Gasteiger partial charge in [0.05, 0.1) is 11.4 Å². The highest BCUT2D eigenvalue weighted by Crippen LogP contribution is 2.53. The van der Waals surface area contributed by atoms with Crippen molar-refractivity contribution in [3.8, 4) is 67.3 Å². The number of aromatic nitrogens is 2. The van der Waals surface area contributed by atoms with Gasteiger partial charge in [-0.3, -0.25) is 0 Å². The third-order valence-corrected chi connectivity index (χ3v) is 12.2. The Hall–Kier alpha value is -7.42. The van der Waals surface area contributed by atoms with Gasteiger partial charge in [0.15, 0.2) is 5.82 Å². The van der Waals surface area contributed by atoms with E-state index >= 15 is 0 Å². The van der Waals surface area contributed by atoms with Crippen molar-refractivity contribution in [3.63, 3.8) is 0 Å². The third-order valence-electron chi connectivity index (χ3n) is 12.2. The normalized spacial score (nSPS) is 14.4. The minimum Gasteiger partial charge on any atom is -0.228 e. The average molecular weight is 739 g/mol. The molecule has 1 aliphatic carbocycles. The molecule has 0 saturated carbocycles. The van der Waals surface area contributed by atoms with Crippen molar-refractivity contribution in [2.45, 2.75) is 12.3 Å². The Morgan fingerprint density at radius 3 is 1.60 bits per heavy atom. The van der Waals surface area contributed by atoms with Crippen LogP contribution in [0.25, 0.3) is 88.8 Å². The van der Waals surface area contributed by atoms with E-state index in [4.69, 9.17) is 9.97 Å². The van der Waals surface area contributed by atoms with Crippen LogP contribution in [-0.4, -0.2) is 9.97 Å². The first-order chi connectivity index (χ1) is 28.6. The highest BCUT2D eigenvalue weighted by atomic mass is 14.9. The highest BCUT2D eigenvalue weighted by Gasteiger charge is 2.40. The lowest BCUT2D eigenvalue weighted by Crippen LogP contribution is -2.22. The van der Waals surface area contributed by atoms with Gasteiger partial charge in [-0.2, -0.15) is 0 Å². The van der Waals surface area contributed by atoms with Gasteiger partial charge >= 0.3 is 0 Å². The van der Waals surface area contributed by atoms with Crippen molar-refractivity contribution >= 4 is 21.5 Å². The number of rotatable bonds is 6. The molecule has 0 aliphatic heterocycles. The third kappa shape index (κ3) is 5.49. The fourth-order valence-corrected chi connectivity index (χ4v) is 9.26. The van der Waals surface area contributed by atoms with Crippen LogP contribution in [0.1, 0.15) is 23.6 Å². The number of nitrogens with zero attached hydrogens (tertiary/aromatic N) is 2. The molecule has 0 radical (unpaired) electrons. The second-order valence-electron chi connectivity index (χ2n) is 15.4. The maximum absolute atomic E-state index is 5.35. The summed E-state index contributed by atoms with van der Waals surface area (Å²) in [5.41, 5.74) is 16.0. The lowest BCUT2D eigenvalue weighted by Gasteiger charge is -2.28. The number of hydrogen-bond donors (Lipinski definition) is 0. The van der Waals surface area contributed by atoms with Crippen LogP contribution in [0.4, 0.5) is 0 Å². The van der Waals surface area contributed by atoms with Crippen LogP contribution in [0.2, 0.25) is 0 Å². The molecule has 0 amide bonds. The van der Waals surface area contributed by atoms with Gasteiger partial charge in [-0.25, -0.2) is 9.97 Å². The topological polar surface area (TPSA) is 25.8 Å². The molecule has 11 rings (SSSR count). The molecule has 1 aliphatic rings. The summed E-state index contributed by atoms with van der Waals surface area (Å²) < 4.78 is 0. The standard InChI is InChI=1S/C56H38N2/c1-56(42-19-6-3-7-20-42)51-26-13-12-24-47(51)48-32-31-41(35-52(48)56)44-33-34-50(46-23-11-10-22-45(44)46)54-36-53(49-25-14-18-39-17-8-9-21-43(39)49)57-55(58-54)40-29-27-38(28-30-40)37-15-4-2-5-16-37/h2-36H,1H3. The van der Waals surface area contributed by atoms with Gasteiger partial charge in [-0.1, -0.05) is 200 Å². The van der Waals surface area contributed by atoms with Crippen molar-refractivity contribution in [1.82, 2.24) is 9.97 Å². The fraction of sp³-hybridized carbons (Fsp3) is 0.0357. The number of hydrogen-bond acceptors (Lipinski definition) is 2. The van der Waals surface area contributed by atoms with E-state index < -0.39 is 0 Å². The Labute approximate surface area is 338 Å². The highest BCUT2D eigenvalue weighted by molar-refractivity contribution is 6.06. The predicted octanol–water partition coefficient (Wildman–Crippen LogP) is 14.5. The van der Waals surface area contributed by atoms with Gasteiger partial charge in [0, 0.05) is 22.1 Å². The summed E-state index contributed by atoms with van der Waals surface area (Å²) in [6, 6.07) is 76.5. The van der Waals surface area contributed by atoms with Crippen molar-refractivity contribution in [3.05, 3.63) is 229 Å². The van der Waals surface area contributed by atoms with Crippen molar-refractivity contribution in [2.75, 3.05) is 0 Å². The van der Waals surface area contributed by atoms with Gasteiger partial charge in [-0.05, 0) is 90.7 Å². The zero-order valence-electron chi connectivity index (χ0n) is 32.1. The van der Waals surface area contributed by atoms with Gasteiger partial charge in [0.25, 0.3) is 0 Å². The first kappa shape index (κ1) is 33.9. The predicted molar refractivity (Wildman–Crippen MR) is 242 cm³/mol. The summed E-state index contributed by atoms with van der Waals surface area (Å²) in [7, 11) is 0. The monoisotopic (exact) mass is 738 g/mol. The molecule has 10 aromatic rings. The smallest absolute Gasteiger partial charge is 0.160 e. The molecule has 9 aromatic carbocycles. The molecular formula is C56H38N2. The second-order valence-corrected chi connectivity index (χ2v) is 15.4. The Bertz CT molecular complexity index is 3160. The van der Waals surface area contributed by atoms with Crippen molar-refractivity contribution in [1.29, 1.82) is 0 Å². The molecule has 1 unspecified atom stereocenters. The van der Waals surface area contributed by atoms with Gasteiger partial charge in [0.1, 0.15) is 0 Å². The molecule has 0 spiro atoms. The zero-order valence-corrected chi connectivity index (χ0v) is 32.1. The molecule has 2 heteroatoms. The van der Waals surface area contributed by atoms with E-state index in [1.807, 2.05) is 0 Å². The molecule has 2 nitrogen and oxygen atoms in total. The van der Waals surface area contributed by atoms with Crippen LogP contribution < -0.4 is 0 Å². The summed E-state index contributed by atoms with van der Waals surface area (Å²) in [5.74, 6) is 0.701. The molecule has 1 heterocycles. The maximum atomic E-state index is 5.35. The maximum Gasteiger partial charge on any atom is 0.160 e. The van der Waals surface area contributed by atoms with E-state index in [0.717, 1.165) is 39.0 Å². The van der Waals surface area contributed by atoms with E-state index in [1.54, 1.807) is 0 Å². The van der Waals surface area contributed by atoms with E-state index in [0.29, 0.717) is 5.82 Å². The Morgan fingerprint density at radius 1 is 0.328 bits per heavy atom. The summed E-state index contributed by atoms with van der Waals surface area (Å²) in [4.78, 5) is 10.6. The lowest BCUT2D eigenvalue weighted by atomic mass is 9.74. The first-order valence-corrected chi connectivity index (χ1v) is 20.0. The summed E-state index contributed by atoms with van der Waals surface area (Å²) in [6.45, 7) is 2.38. The summed E-state index contributed by atoms with van der Waals surface area (Å²) in [6.07, 6.45) is 0. The second kappa shape index (κ2) is 13.7. The minimum absolute atomic E-state index is 0.270. The van der Waals surface area contributed by atoms with Gasteiger partial charge in [-0.15, -0.1) is 0 Å². The zero-order chi connectivity index (χ0) is 38.6. The minimum atomic E-state index is -0.270. The molecule has 1 atom stereocenters. The Kier molecular flexibility index (Phi) is 7.97. The number of benzene rings is 9. The molecule has 0 saturated heterocycles. The van der Waals surface area contributed by atoms with Gasteiger partial charge < -0.3 is 0 Å². The Morgan fingerprint density at radius 2 is 0.828 bits per heavy atom. The van der Waals surface area contributed by atoms with E-state index in [1.165, 1.54) is 60.7 Å². The molecule has 1 aromatic heterocycles.